The first-order valence-electron chi connectivity index (χ1n) is 6.45. The summed E-state index contributed by atoms with van der Waals surface area (Å²) in [4.78, 5) is 16.0. The van der Waals surface area contributed by atoms with Crippen LogP contribution in [0.4, 0.5) is 0 Å². The molecule has 0 radical (unpaired) electrons. The molecule has 0 saturated heterocycles. The summed E-state index contributed by atoms with van der Waals surface area (Å²) in [6.07, 6.45) is 2.40. The van der Waals surface area contributed by atoms with Gasteiger partial charge in [-0.3, -0.25) is 9.78 Å². The molecule has 6 nitrogen and oxygen atoms in total. The molecule has 1 amide bonds. The molecule has 0 spiro atoms. The summed E-state index contributed by atoms with van der Waals surface area (Å²) < 4.78 is 11.0. The Morgan fingerprint density at radius 3 is 2.86 bits per heavy atom. The number of nitrogens with zero attached hydrogens (tertiary/aromatic N) is 2. The smallest absolute Gasteiger partial charge is 0.284 e. The summed E-state index contributed by atoms with van der Waals surface area (Å²) in [7, 11) is 0. The lowest BCUT2D eigenvalue weighted by molar-refractivity contribution is -0.130. The molecule has 1 aliphatic heterocycles. The summed E-state index contributed by atoms with van der Waals surface area (Å²) in [5.74, 6) is 0.827. The second-order valence-electron chi connectivity index (χ2n) is 4.35. The molecule has 0 fully saturated rings. The van der Waals surface area contributed by atoms with E-state index in [-0.39, 0.29) is 12.5 Å². The van der Waals surface area contributed by atoms with Gasteiger partial charge in [-0.25, -0.2) is 5.43 Å². The number of pyridine rings is 1. The van der Waals surface area contributed by atoms with E-state index in [4.69, 9.17) is 9.47 Å². The van der Waals surface area contributed by atoms with E-state index in [0.29, 0.717) is 17.2 Å². The van der Waals surface area contributed by atoms with Crippen LogP contribution in [-0.2, 0) is 4.79 Å². The average molecular weight is 283 g/mol. The number of carbonyl (C=O) groups is 1. The third-order valence-electron chi connectivity index (χ3n) is 2.86. The number of para-hydroxylation sites is 2. The van der Waals surface area contributed by atoms with E-state index in [0.717, 1.165) is 0 Å². The molecular formula is C15H13N3O3. The number of amides is 1. The maximum atomic E-state index is 11.9. The van der Waals surface area contributed by atoms with Crippen molar-refractivity contribution in [3.05, 3.63) is 54.4 Å². The molecule has 21 heavy (non-hydrogen) atoms. The van der Waals surface area contributed by atoms with Crippen LogP contribution in [0.25, 0.3) is 0 Å². The Hall–Kier alpha value is -2.89. The van der Waals surface area contributed by atoms with Gasteiger partial charge in [0.2, 0.25) is 6.10 Å². The molecule has 0 aliphatic carbocycles. The van der Waals surface area contributed by atoms with Crippen LogP contribution in [0.3, 0.4) is 0 Å². The molecule has 6 heteroatoms. The zero-order chi connectivity index (χ0) is 14.5. The summed E-state index contributed by atoms with van der Waals surface area (Å²) in [6.45, 7) is 0.155. The highest BCUT2D eigenvalue weighted by atomic mass is 16.6. The lowest BCUT2D eigenvalue weighted by atomic mass is 10.2. The standard InChI is InChI=1S/C15H13N3O3/c19-15(18-17-9-11-5-3-4-8-16-11)14-10-20-12-6-1-2-7-13(12)21-14/h1-9,14H,10H2,(H,18,19)/b17-9+. The van der Waals surface area contributed by atoms with E-state index in [2.05, 4.69) is 15.5 Å². The minimum atomic E-state index is -0.721. The number of fused-ring (bicyclic) bond motifs is 1. The minimum absolute atomic E-state index is 0.155. The SMILES string of the molecule is O=C(N/N=C/c1ccccn1)C1COc2ccccc2O1. The monoisotopic (exact) mass is 283 g/mol. The van der Waals surface area contributed by atoms with E-state index < -0.39 is 6.10 Å². The van der Waals surface area contributed by atoms with E-state index in [1.807, 2.05) is 18.2 Å². The molecule has 1 aromatic carbocycles. The highest BCUT2D eigenvalue weighted by Gasteiger charge is 2.26. The molecule has 1 aliphatic rings. The normalized spacial score (nSPS) is 16.7. The van der Waals surface area contributed by atoms with Crippen molar-refractivity contribution in [1.82, 2.24) is 10.4 Å². The van der Waals surface area contributed by atoms with Crippen LogP contribution in [0.2, 0.25) is 0 Å². The highest BCUT2D eigenvalue weighted by molar-refractivity contribution is 5.84. The third-order valence-corrected chi connectivity index (χ3v) is 2.86. The molecule has 1 unspecified atom stereocenters. The van der Waals surface area contributed by atoms with Gasteiger partial charge in [0.15, 0.2) is 11.5 Å². The zero-order valence-electron chi connectivity index (χ0n) is 11.1. The number of rotatable bonds is 3. The van der Waals surface area contributed by atoms with Gasteiger partial charge in [0.05, 0.1) is 11.9 Å². The molecule has 1 aromatic heterocycles. The summed E-state index contributed by atoms with van der Waals surface area (Å²) in [5.41, 5.74) is 3.07. The zero-order valence-corrected chi connectivity index (χ0v) is 11.1. The molecule has 1 N–H and O–H groups in total. The van der Waals surface area contributed by atoms with Crippen molar-refractivity contribution in [3.8, 4) is 11.5 Å². The lowest BCUT2D eigenvalue weighted by Crippen LogP contribution is -2.42. The van der Waals surface area contributed by atoms with E-state index in [1.54, 1.807) is 30.5 Å². The van der Waals surface area contributed by atoms with Crippen molar-refractivity contribution in [2.24, 2.45) is 5.10 Å². The molecule has 0 saturated carbocycles. The van der Waals surface area contributed by atoms with Gasteiger partial charge in [0, 0.05) is 6.20 Å². The van der Waals surface area contributed by atoms with Gasteiger partial charge in [-0.2, -0.15) is 5.10 Å². The predicted molar refractivity (Wildman–Crippen MR) is 76.3 cm³/mol. The van der Waals surface area contributed by atoms with E-state index in [9.17, 15) is 4.79 Å². The molecule has 106 valence electrons. The number of hydrogen-bond acceptors (Lipinski definition) is 5. The van der Waals surface area contributed by atoms with Crippen molar-refractivity contribution in [3.63, 3.8) is 0 Å². The number of carbonyl (C=O) groups excluding carboxylic acids is 1. The van der Waals surface area contributed by atoms with E-state index in [1.165, 1.54) is 6.21 Å². The maximum absolute atomic E-state index is 11.9. The van der Waals surface area contributed by atoms with Gasteiger partial charge in [-0.1, -0.05) is 18.2 Å². The number of benzene rings is 1. The van der Waals surface area contributed by atoms with Crippen molar-refractivity contribution >= 4 is 12.1 Å². The molecule has 1 atom stereocenters. The van der Waals surface area contributed by atoms with Gasteiger partial charge in [-0.05, 0) is 24.3 Å². The Balaban J connectivity index is 1.59. The van der Waals surface area contributed by atoms with Crippen LogP contribution in [0.15, 0.2) is 53.8 Å². The van der Waals surface area contributed by atoms with Gasteiger partial charge >= 0.3 is 0 Å². The van der Waals surface area contributed by atoms with Gasteiger partial charge in [0.1, 0.15) is 6.61 Å². The van der Waals surface area contributed by atoms with Crippen molar-refractivity contribution in [1.29, 1.82) is 0 Å². The third kappa shape index (κ3) is 3.17. The van der Waals surface area contributed by atoms with Crippen LogP contribution >= 0.6 is 0 Å². The highest BCUT2D eigenvalue weighted by Crippen LogP contribution is 2.30. The Labute approximate surface area is 121 Å². The average Bonchev–Trinajstić information content (AvgIpc) is 2.55. The fourth-order valence-electron chi connectivity index (χ4n) is 1.84. The quantitative estimate of drug-likeness (QED) is 0.682. The van der Waals surface area contributed by atoms with Crippen LogP contribution in [0, 0.1) is 0 Å². The molecular weight excluding hydrogens is 270 g/mol. The van der Waals surface area contributed by atoms with Crippen molar-refractivity contribution < 1.29 is 14.3 Å². The maximum Gasteiger partial charge on any atom is 0.284 e. The van der Waals surface area contributed by atoms with Crippen LogP contribution in [-0.4, -0.2) is 29.8 Å². The van der Waals surface area contributed by atoms with Gasteiger partial charge < -0.3 is 9.47 Å². The van der Waals surface area contributed by atoms with Crippen molar-refractivity contribution in [2.45, 2.75) is 6.10 Å². The second kappa shape index (κ2) is 6.04. The number of nitrogens with one attached hydrogen (secondary N) is 1. The summed E-state index contributed by atoms with van der Waals surface area (Å²) >= 11 is 0. The lowest BCUT2D eigenvalue weighted by Gasteiger charge is -2.24. The van der Waals surface area contributed by atoms with Crippen molar-refractivity contribution in [2.75, 3.05) is 6.61 Å². The topological polar surface area (TPSA) is 72.8 Å². The number of aromatic nitrogens is 1. The van der Waals surface area contributed by atoms with Gasteiger partial charge in [0.25, 0.3) is 5.91 Å². The largest absolute Gasteiger partial charge is 0.485 e. The van der Waals surface area contributed by atoms with Crippen LogP contribution < -0.4 is 14.9 Å². The van der Waals surface area contributed by atoms with E-state index >= 15 is 0 Å². The molecule has 3 rings (SSSR count). The second-order valence-corrected chi connectivity index (χ2v) is 4.35. The molecule has 0 bridgehead atoms. The Kier molecular flexibility index (Phi) is 3.77. The first-order valence-corrected chi connectivity index (χ1v) is 6.45. The fourth-order valence-corrected chi connectivity index (χ4v) is 1.84. The number of hydrogen-bond donors (Lipinski definition) is 1. The Bertz CT molecular complexity index is 658. The summed E-state index contributed by atoms with van der Waals surface area (Å²) in [6, 6.07) is 12.6. The predicted octanol–water partition coefficient (Wildman–Crippen LogP) is 1.37. The number of hydrazone groups is 1. The first-order chi connectivity index (χ1) is 10.3. The molecule has 2 heterocycles. The Morgan fingerprint density at radius 1 is 1.24 bits per heavy atom. The first kappa shape index (κ1) is 13.1. The van der Waals surface area contributed by atoms with Crippen LogP contribution in [0.1, 0.15) is 5.69 Å². The molecule has 2 aromatic rings. The Morgan fingerprint density at radius 2 is 2.05 bits per heavy atom. The minimum Gasteiger partial charge on any atom is -0.485 e. The number of ether oxygens (including phenoxy) is 2. The van der Waals surface area contributed by atoms with Crippen LogP contribution in [0.5, 0.6) is 11.5 Å². The fraction of sp³-hybridized carbons (Fsp3) is 0.133. The van der Waals surface area contributed by atoms with Gasteiger partial charge in [-0.15, -0.1) is 0 Å². The summed E-state index contributed by atoms with van der Waals surface area (Å²) in [5, 5.41) is 3.85.